The Labute approximate surface area is 335 Å². The van der Waals surface area contributed by atoms with E-state index >= 15 is 0 Å². The maximum atomic E-state index is 13.2. The Morgan fingerprint density at radius 1 is 1.11 bits per heavy atom. The number of hydrogen-bond donors (Lipinski definition) is 1. The molecule has 0 saturated heterocycles. The number of Topliss-reactive ketones (excluding diaryl/α,β-unsaturated/α-hetero) is 1. The van der Waals surface area contributed by atoms with Gasteiger partial charge in [0.25, 0.3) is 0 Å². The molecular formula is C32H37Cl2FKN2O7S2-. The number of thioether (sulfide) groups is 1. The van der Waals surface area contributed by atoms with Gasteiger partial charge in [-0.05, 0) is 63.2 Å². The maximum absolute atomic E-state index is 13.2. The molecule has 0 spiro atoms. The average Bonchev–Trinajstić information content (AvgIpc) is 3.00. The SMILES string of the molecule is C=C.CC(=O)c1ccc(OC(=O)c2cc(N)cc(F)c2)cc1Cl.CCOc1ccc(N(C)S(=O)C(C)=[C-]SC(C)Cl)cc1OC.[K+].[OH-]. The van der Waals surface area contributed by atoms with E-state index in [1.807, 2.05) is 26.0 Å². The third kappa shape index (κ3) is 15.9. The van der Waals surface area contributed by atoms with E-state index in [9.17, 15) is 18.2 Å². The number of allylic oxidation sites excluding steroid dienone is 1. The Hall–Kier alpha value is -1.91. The van der Waals surface area contributed by atoms with Gasteiger partial charge in [0.2, 0.25) is 0 Å². The summed E-state index contributed by atoms with van der Waals surface area (Å²) in [5.41, 5.74) is 6.66. The Morgan fingerprint density at radius 2 is 1.74 bits per heavy atom. The predicted octanol–water partition coefficient (Wildman–Crippen LogP) is 5.29. The number of anilines is 2. The number of halogens is 3. The molecule has 0 fully saturated rings. The first-order valence-electron chi connectivity index (χ1n) is 13.2. The standard InChI is InChI=1S/C15H11ClFNO3.C15H21ClNO3S2.C2H4.K.H2O/c1-8(19)13-3-2-12(7-14(13)16)21-15(20)9-4-10(17)6-11(18)5-9;1-6-20-14-8-7-13(9-15(14)19-5)17(4)22(18)11(2)10-21-12(3)16;1-2;;/h2-7H,18H2,1H3;7-9,12H,6H2,1-5H3;1-2H2;;1H2/q;-1;;+1;/p-1. The maximum Gasteiger partial charge on any atom is 1.00 e. The van der Waals surface area contributed by atoms with Crippen molar-refractivity contribution in [1.82, 2.24) is 0 Å². The minimum absolute atomic E-state index is 0. The van der Waals surface area contributed by atoms with Gasteiger partial charge in [0, 0.05) is 35.1 Å². The molecule has 9 nitrogen and oxygen atoms in total. The van der Waals surface area contributed by atoms with Gasteiger partial charge in [-0.25, -0.2) is 13.4 Å². The number of alkyl halides is 1. The molecular weight excluding hydrogens is 717 g/mol. The third-order valence-electron chi connectivity index (χ3n) is 5.37. The second-order valence-electron chi connectivity index (χ2n) is 8.69. The van der Waals surface area contributed by atoms with Gasteiger partial charge >= 0.3 is 57.4 Å². The van der Waals surface area contributed by atoms with E-state index in [1.165, 1.54) is 43.0 Å². The molecule has 0 amide bonds. The Bertz CT molecular complexity index is 1510. The van der Waals surface area contributed by atoms with Crippen LogP contribution in [0.5, 0.6) is 17.2 Å². The van der Waals surface area contributed by atoms with Gasteiger partial charge in [0.05, 0.1) is 30.0 Å². The van der Waals surface area contributed by atoms with E-state index in [1.54, 1.807) is 31.5 Å². The first-order chi connectivity index (χ1) is 21.3. The largest absolute Gasteiger partial charge is 1.00 e. The number of hydrogen-bond acceptors (Lipinski definition) is 9. The van der Waals surface area contributed by atoms with Crippen LogP contribution >= 0.6 is 35.0 Å². The summed E-state index contributed by atoms with van der Waals surface area (Å²) in [4.78, 5) is 23.8. The first kappa shape index (κ1) is 47.2. The number of benzene rings is 3. The molecule has 0 aromatic heterocycles. The van der Waals surface area contributed by atoms with E-state index in [4.69, 9.17) is 43.1 Å². The van der Waals surface area contributed by atoms with Crippen LogP contribution in [-0.2, 0) is 11.0 Å². The Kier molecular flexibility index (Phi) is 24.4. The molecule has 0 aliphatic heterocycles. The van der Waals surface area contributed by atoms with Gasteiger partial charge in [-0.15, -0.1) is 29.7 Å². The van der Waals surface area contributed by atoms with E-state index in [-0.39, 0.29) is 89.4 Å². The van der Waals surface area contributed by atoms with Gasteiger partial charge in [-0.3, -0.25) is 9.10 Å². The topological polar surface area (TPSA) is 138 Å². The van der Waals surface area contributed by atoms with E-state index in [0.717, 1.165) is 17.8 Å². The summed E-state index contributed by atoms with van der Waals surface area (Å²) in [5.74, 6) is -0.177. The molecule has 2 atom stereocenters. The van der Waals surface area contributed by atoms with Crippen molar-refractivity contribution in [2.75, 3.05) is 30.8 Å². The molecule has 2 unspecified atom stereocenters. The smallest absolute Gasteiger partial charge is 0.870 e. The average molecular weight is 755 g/mol. The molecule has 252 valence electrons. The zero-order valence-electron chi connectivity index (χ0n) is 27.3. The molecule has 0 aliphatic rings. The number of methoxy groups -OCH3 is 1. The van der Waals surface area contributed by atoms with Crippen molar-refractivity contribution >= 4 is 69.1 Å². The molecule has 3 aromatic rings. The van der Waals surface area contributed by atoms with Crippen molar-refractivity contribution in [3.05, 3.63) is 100 Å². The molecule has 0 saturated carbocycles. The number of esters is 1. The van der Waals surface area contributed by atoms with Crippen molar-refractivity contribution < 1.29 is 89.3 Å². The summed E-state index contributed by atoms with van der Waals surface area (Å²) in [5, 5.41) is 3.17. The number of rotatable bonds is 11. The number of nitrogens with two attached hydrogens (primary N) is 1. The molecule has 0 heterocycles. The Balaban J connectivity index is 0. The van der Waals surface area contributed by atoms with Crippen molar-refractivity contribution in [2.45, 2.75) is 32.4 Å². The number of carbonyl (C=O) groups excluding carboxylic acids is 2. The van der Waals surface area contributed by atoms with Gasteiger partial charge in [-0.1, -0.05) is 18.5 Å². The van der Waals surface area contributed by atoms with E-state index in [0.29, 0.717) is 28.6 Å². The van der Waals surface area contributed by atoms with Gasteiger partial charge in [-0.2, -0.15) is 0 Å². The zero-order valence-corrected chi connectivity index (χ0v) is 33.5. The summed E-state index contributed by atoms with van der Waals surface area (Å²) in [6.45, 7) is 13.5. The summed E-state index contributed by atoms with van der Waals surface area (Å²) < 4.78 is 43.1. The summed E-state index contributed by atoms with van der Waals surface area (Å²) in [6, 6.07) is 13.1. The monoisotopic (exact) mass is 753 g/mol. The van der Waals surface area contributed by atoms with Crippen LogP contribution < -0.4 is 75.6 Å². The van der Waals surface area contributed by atoms with Crippen LogP contribution in [0.15, 0.2) is 72.7 Å². The van der Waals surface area contributed by atoms with Crippen LogP contribution in [0.2, 0.25) is 5.02 Å². The summed E-state index contributed by atoms with van der Waals surface area (Å²) in [7, 11) is 2.00. The van der Waals surface area contributed by atoms with Gasteiger partial charge in [0.1, 0.15) is 22.6 Å². The molecule has 3 N–H and O–H groups in total. The second-order valence-corrected chi connectivity index (χ2v) is 12.8. The number of carbonyl (C=O) groups is 2. The van der Waals surface area contributed by atoms with Crippen LogP contribution in [0.1, 0.15) is 48.4 Å². The molecule has 3 rings (SSSR count). The van der Waals surface area contributed by atoms with Crippen molar-refractivity contribution in [3.63, 3.8) is 0 Å². The normalized spacial score (nSPS) is 11.4. The molecule has 3 aromatic carbocycles. The fraction of sp³-hybridized carbons (Fsp3) is 0.250. The van der Waals surface area contributed by atoms with E-state index in [2.05, 4.69) is 18.6 Å². The minimum Gasteiger partial charge on any atom is -0.870 e. The number of ether oxygens (including phenoxy) is 3. The minimum atomic E-state index is -1.33. The van der Waals surface area contributed by atoms with Gasteiger partial charge in [0.15, 0.2) is 17.3 Å². The van der Waals surface area contributed by atoms with Gasteiger partial charge < -0.3 is 42.6 Å². The molecule has 0 radical (unpaired) electrons. The molecule has 47 heavy (non-hydrogen) atoms. The fourth-order valence-electron chi connectivity index (χ4n) is 3.37. The summed E-state index contributed by atoms with van der Waals surface area (Å²) in [6.07, 6.45) is 0. The van der Waals surface area contributed by atoms with Crippen LogP contribution in [0.3, 0.4) is 0 Å². The molecule has 0 bridgehead atoms. The molecule has 0 aliphatic carbocycles. The first-order valence-corrected chi connectivity index (χ1v) is 16.0. The van der Waals surface area contributed by atoms with Crippen LogP contribution in [0, 0.1) is 11.2 Å². The Morgan fingerprint density at radius 3 is 2.26 bits per heavy atom. The third-order valence-corrected chi connectivity index (χ3v) is 8.16. The summed E-state index contributed by atoms with van der Waals surface area (Å²) >= 11 is 13.1. The predicted molar refractivity (Wildman–Crippen MR) is 186 cm³/mol. The van der Waals surface area contributed by atoms with E-state index < -0.39 is 22.8 Å². The quantitative estimate of drug-likeness (QED) is 0.0405. The number of nitrogens with zero attached hydrogens (tertiary/aromatic N) is 1. The number of ketones is 1. The molecule has 15 heteroatoms. The van der Waals surface area contributed by atoms with Crippen molar-refractivity contribution in [3.8, 4) is 17.2 Å². The van der Waals surface area contributed by atoms with Crippen LogP contribution in [0.25, 0.3) is 0 Å². The second kappa shape index (κ2) is 24.3. The number of nitrogen functional groups attached to an aromatic ring is 1. The van der Waals surface area contributed by atoms with Crippen molar-refractivity contribution in [2.24, 2.45) is 0 Å². The fourth-order valence-corrected chi connectivity index (χ4v) is 5.28. The van der Waals surface area contributed by atoms with Crippen LogP contribution in [-0.4, -0.2) is 46.9 Å². The van der Waals surface area contributed by atoms with Crippen molar-refractivity contribution in [1.29, 1.82) is 0 Å². The van der Waals surface area contributed by atoms with Crippen LogP contribution in [0.4, 0.5) is 15.8 Å². The zero-order chi connectivity index (χ0) is 34.3.